The highest BCUT2D eigenvalue weighted by Crippen LogP contribution is 2.32. The summed E-state index contributed by atoms with van der Waals surface area (Å²) < 4.78 is 11.7. The number of nitrogens with zero attached hydrogens (tertiary/aromatic N) is 3. The highest BCUT2D eigenvalue weighted by Gasteiger charge is 2.18. The summed E-state index contributed by atoms with van der Waals surface area (Å²) in [7, 11) is 0. The van der Waals surface area contributed by atoms with Crippen molar-refractivity contribution in [2.45, 2.75) is 33.2 Å². The number of carbonyl (C=O) groups is 1. The maximum atomic E-state index is 11.6. The number of hydrogen-bond donors (Lipinski definition) is 1. The third-order valence-electron chi connectivity index (χ3n) is 3.18. The first kappa shape index (κ1) is 15.8. The van der Waals surface area contributed by atoms with Gasteiger partial charge < -0.3 is 15.2 Å². The molecule has 0 bridgehead atoms. The summed E-state index contributed by atoms with van der Waals surface area (Å²) in [5.41, 5.74) is 7.63. The summed E-state index contributed by atoms with van der Waals surface area (Å²) in [5, 5.41) is 4.95. The molecule has 7 nitrogen and oxygen atoms in total. The van der Waals surface area contributed by atoms with Crippen LogP contribution in [0.15, 0.2) is 18.9 Å². The molecule has 0 aliphatic heterocycles. The summed E-state index contributed by atoms with van der Waals surface area (Å²) in [6.07, 6.45) is 4.32. The van der Waals surface area contributed by atoms with Gasteiger partial charge in [0.05, 0.1) is 23.0 Å². The Labute approximate surface area is 128 Å². The average molecular weight is 304 g/mol. The van der Waals surface area contributed by atoms with Crippen molar-refractivity contribution in [2.75, 3.05) is 12.3 Å². The van der Waals surface area contributed by atoms with Gasteiger partial charge in [-0.1, -0.05) is 26.0 Å². The van der Waals surface area contributed by atoms with Gasteiger partial charge in [-0.2, -0.15) is 5.10 Å². The molecule has 2 aromatic rings. The molecule has 2 heterocycles. The number of anilines is 1. The van der Waals surface area contributed by atoms with Crippen molar-refractivity contribution in [3.8, 4) is 5.75 Å². The Kier molecular flexibility index (Phi) is 4.98. The van der Waals surface area contributed by atoms with Gasteiger partial charge in [-0.15, -0.1) is 0 Å². The normalized spacial score (nSPS) is 10.6. The van der Waals surface area contributed by atoms with Gasteiger partial charge in [0.1, 0.15) is 6.61 Å². The lowest BCUT2D eigenvalue weighted by Gasteiger charge is -2.10. The van der Waals surface area contributed by atoms with Gasteiger partial charge in [0, 0.05) is 6.54 Å². The molecule has 0 aliphatic rings. The average Bonchev–Trinajstić information content (AvgIpc) is 2.90. The highest BCUT2D eigenvalue weighted by molar-refractivity contribution is 5.92. The topological polar surface area (TPSA) is 92.3 Å². The Bertz CT molecular complexity index is 694. The van der Waals surface area contributed by atoms with Gasteiger partial charge in [0.2, 0.25) is 0 Å². The van der Waals surface area contributed by atoms with E-state index in [4.69, 9.17) is 15.2 Å². The van der Waals surface area contributed by atoms with E-state index in [0.717, 1.165) is 19.4 Å². The molecular weight excluding hydrogens is 284 g/mol. The maximum absolute atomic E-state index is 11.6. The quantitative estimate of drug-likeness (QED) is 0.651. The molecule has 0 amide bonds. The van der Waals surface area contributed by atoms with Crippen molar-refractivity contribution in [1.82, 2.24) is 14.8 Å². The number of nitrogen functional groups attached to an aromatic ring is 1. The Morgan fingerprint density at radius 1 is 1.55 bits per heavy atom. The molecule has 0 aliphatic carbocycles. The number of nitrogens with two attached hydrogens (primary N) is 1. The van der Waals surface area contributed by atoms with Crippen LogP contribution in [0.1, 0.15) is 25.5 Å². The van der Waals surface area contributed by atoms with E-state index in [2.05, 4.69) is 23.6 Å². The summed E-state index contributed by atoms with van der Waals surface area (Å²) in [6, 6.07) is 0. The van der Waals surface area contributed by atoms with Gasteiger partial charge in [-0.05, 0) is 13.3 Å². The van der Waals surface area contributed by atoms with E-state index in [1.165, 1.54) is 6.08 Å². The lowest BCUT2D eigenvalue weighted by atomic mass is 10.2. The molecule has 0 radical (unpaired) electrons. The van der Waals surface area contributed by atoms with Crippen molar-refractivity contribution in [3.63, 3.8) is 0 Å². The Balaban J connectivity index is 2.33. The smallest absolute Gasteiger partial charge is 0.430 e. The molecular formula is C15H20N4O3. The number of fused-ring (bicyclic) bond motifs is 1. The van der Waals surface area contributed by atoms with Crippen molar-refractivity contribution in [3.05, 3.63) is 24.5 Å². The van der Waals surface area contributed by atoms with Crippen molar-refractivity contribution < 1.29 is 14.3 Å². The Morgan fingerprint density at radius 3 is 3.00 bits per heavy atom. The summed E-state index contributed by atoms with van der Waals surface area (Å²) in [5.74, 6) is 0.205. The molecule has 0 atom stereocenters. The predicted molar refractivity (Wildman–Crippen MR) is 83.8 cm³/mol. The Morgan fingerprint density at radius 2 is 2.32 bits per heavy atom. The molecule has 0 unspecified atom stereocenters. The lowest BCUT2D eigenvalue weighted by Crippen LogP contribution is -2.13. The predicted octanol–water partition coefficient (Wildman–Crippen LogP) is 2.82. The van der Waals surface area contributed by atoms with Crippen molar-refractivity contribution in [1.29, 1.82) is 0 Å². The lowest BCUT2D eigenvalue weighted by molar-refractivity contribution is 0.109. The summed E-state index contributed by atoms with van der Waals surface area (Å²) >= 11 is 0. The SMILES string of the molecule is C=CCOC(=O)Oc1c(C)nc2c(cnn2CCCC)c1N. The van der Waals surface area contributed by atoms with Crippen LogP contribution in [0.4, 0.5) is 10.5 Å². The van der Waals surface area contributed by atoms with E-state index < -0.39 is 6.16 Å². The first-order valence-electron chi connectivity index (χ1n) is 7.15. The zero-order chi connectivity index (χ0) is 16.1. The fourth-order valence-electron chi connectivity index (χ4n) is 2.05. The molecule has 2 N–H and O–H groups in total. The largest absolute Gasteiger partial charge is 0.514 e. The molecule has 0 saturated heterocycles. The number of carbonyl (C=O) groups excluding carboxylic acids is 1. The minimum absolute atomic E-state index is 0.0718. The van der Waals surface area contributed by atoms with Crippen LogP contribution < -0.4 is 10.5 Å². The molecule has 22 heavy (non-hydrogen) atoms. The van der Waals surface area contributed by atoms with E-state index >= 15 is 0 Å². The van der Waals surface area contributed by atoms with Crippen LogP contribution in [0.3, 0.4) is 0 Å². The second kappa shape index (κ2) is 6.93. The summed E-state index contributed by atoms with van der Waals surface area (Å²) in [4.78, 5) is 16.0. The van der Waals surface area contributed by atoms with Gasteiger partial charge in [-0.3, -0.25) is 0 Å². The van der Waals surface area contributed by atoms with Crippen molar-refractivity contribution >= 4 is 22.9 Å². The van der Waals surface area contributed by atoms with Crippen LogP contribution in [-0.2, 0) is 11.3 Å². The van der Waals surface area contributed by atoms with Gasteiger partial charge in [0.15, 0.2) is 11.4 Å². The fraction of sp³-hybridized carbons (Fsp3) is 0.400. The maximum Gasteiger partial charge on any atom is 0.514 e. The first-order valence-corrected chi connectivity index (χ1v) is 7.15. The third-order valence-corrected chi connectivity index (χ3v) is 3.18. The van der Waals surface area contributed by atoms with Crippen LogP contribution >= 0.6 is 0 Å². The van der Waals surface area contributed by atoms with E-state index in [9.17, 15) is 4.79 Å². The van der Waals surface area contributed by atoms with Crippen LogP contribution in [-0.4, -0.2) is 27.5 Å². The van der Waals surface area contributed by atoms with E-state index in [1.807, 2.05) is 4.68 Å². The number of rotatable bonds is 6. The second-order valence-electron chi connectivity index (χ2n) is 4.85. The zero-order valence-corrected chi connectivity index (χ0v) is 12.8. The van der Waals surface area contributed by atoms with Crippen molar-refractivity contribution in [2.24, 2.45) is 0 Å². The van der Waals surface area contributed by atoms with Gasteiger partial charge >= 0.3 is 6.16 Å². The van der Waals surface area contributed by atoms with Crippen LogP contribution in [0.2, 0.25) is 0 Å². The van der Waals surface area contributed by atoms with Crippen LogP contribution in [0.5, 0.6) is 5.75 Å². The van der Waals surface area contributed by atoms with E-state index in [1.54, 1.807) is 13.1 Å². The number of ether oxygens (including phenoxy) is 2. The highest BCUT2D eigenvalue weighted by atomic mass is 16.7. The van der Waals surface area contributed by atoms with E-state index in [-0.39, 0.29) is 12.4 Å². The van der Waals surface area contributed by atoms with Gasteiger partial charge in [0.25, 0.3) is 0 Å². The number of unbranched alkanes of at least 4 members (excludes halogenated alkanes) is 1. The number of aromatic nitrogens is 3. The number of aryl methyl sites for hydroxylation is 2. The van der Waals surface area contributed by atoms with E-state index in [0.29, 0.717) is 22.4 Å². The molecule has 0 saturated carbocycles. The molecule has 0 spiro atoms. The zero-order valence-electron chi connectivity index (χ0n) is 12.8. The van der Waals surface area contributed by atoms with Crippen LogP contribution in [0, 0.1) is 6.92 Å². The number of pyridine rings is 1. The first-order chi connectivity index (χ1) is 10.6. The molecule has 2 aromatic heterocycles. The molecule has 0 fully saturated rings. The second-order valence-corrected chi connectivity index (χ2v) is 4.85. The molecule has 0 aromatic carbocycles. The minimum atomic E-state index is -0.839. The molecule has 2 rings (SSSR count). The monoisotopic (exact) mass is 304 g/mol. The standard InChI is InChI=1S/C15H20N4O3/c1-4-6-7-19-14-11(9-17-19)12(16)13(10(3)18-14)22-15(20)21-8-5-2/h5,9H,2,4,6-8H2,1,3H3,(H2,16,18). The summed E-state index contributed by atoms with van der Waals surface area (Å²) in [6.45, 7) is 8.14. The molecule has 118 valence electrons. The van der Waals surface area contributed by atoms with Gasteiger partial charge in [-0.25, -0.2) is 14.5 Å². The molecule has 7 heteroatoms. The van der Waals surface area contributed by atoms with Crippen LogP contribution in [0.25, 0.3) is 11.0 Å². The number of hydrogen-bond acceptors (Lipinski definition) is 6. The minimum Gasteiger partial charge on any atom is -0.430 e. The third kappa shape index (κ3) is 3.19. The Hall–Kier alpha value is -2.57. The fourth-order valence-corrected chi connectivity index (χ4v) is 2.05.